The topological polar surface area (TPSA) is 27.7 Å². The summed E-state index contributed by atoms with van der Waals surface area (Å²) < 4.78 is 16.3. The Bertz CT molecular complexity index is 292. The van der Waals surface area contributed by atoms with Crippen LogP contribution in [0.25, 0.3) is 0 Å². The van der Waals surface area contributed by atoms with E-state index in [1.165, 1.54) is 0 Å². The summed E-state index contributed by atoms with van der Waals surface area (Å²) in [5, 5.41) is 0. The van der Waals surface area contributed by atoms with Crippen LogP contribution in [0.5, 0.6) is 0 Å². The molecule has 0 rings (SSSR count). The first-order valence-corrected chi connectivity index (χ1v) is 6.84. The number of rotatable bonds is 11. The minimum Gasteiger partial charge on any atom is -0.374 e. The zero-order valence-electron chi connectivity index (χ0n) is 12.8. The SMILES string of the molecule is C=C(C)/C=C(\C=C/C)COCCOC(CCC)OC. The molecule has 0 saturated carbocycles. The van der Waals surface area contributed by atoms with Crippen LogP contribution in [-0.4, -0.2) is 33.2 Å². The van der Waals surface area contributed by atoms with Crippen molar-refractivity contribution in [2.75, 3.05) is 26.9 Å². The van der Waals surface area contributed by atoms with Crippen LogP contribution in [-0.2, 0) is 14.2 Å². The Morgan fingerprint density at radius 1 is 1.32 bits per heavy atom. The van der Waals surface area contributed by atoms with Crippen molar-refractivity contribution in [1.29, 1.82) is 0 Å². The summed E-state index contributed by atoms with van der Waals surface area (Å²) in [4.78, 5) is 0. The van der Waals surface area contributed by atoms with Crippen LogP contribution in [0, 0.1) is 0 Å². The second-order valence-corrected chi connectivity index (χ2v) is 4.44. The second kappa shape index (κ2) is 12.2. The fourth-order valence-corrected chi connectivity index (χ4v) is 1.60. The fraction of sp³-hybridized carbons (Fsp3) is 0.625. The van der Waals surface area contributed by atoms with Crippen molar-refractivity contribution in [2.45, 2.75) is 39.9 Å². The highest BCUT2D eigenvalue weighted by Crippen LogP contribution is 2.05. The molecule has 0 aliphatic heterocycles. The Hall–Kier alpha value is -0.900. The molecule has 0 aromatic heterocycles. The van der Waals surface area contributed by atoms with Gasteiger partial charge in [-0.05, 0) is 25.8 Å². The van der Waals surface area contributed by atoms with Gasteiger partial charge in [-0.3, -0.25) is 0 Å². The van der Waals surface area contributed by atoms with E-state index in [2.05, 4.69) is 13.5 Å². The van der Waals surface area contributed by atoms with Gasteiger partial charge in [0.15, 0.2) is 6.29 Å². The van der Waals surface area contributed by atoms with Gasteiger partial charge in [-0.15, -0.1) is 0 Å². The lowest BCUT2D eigenvalue weighted by molar-refractivity contribution is -0.136. The Morgan fingerprint density at radius 2 is 2.05 bits per heavy atom. The molecule has 3 nitrogen and oxygen atoms in total. The number of hydrogen-bond acceptors (Lipinski definition) is 3. The lowest BCUT2D eigenvalue weighted by Crippen LogP contribution is -2.18. The minimum atomic E-state index is -0.116. The van der Waals surface area contributed by atoms with Crippen molar-refractivity contribution in [1.82, 2.24) is 0 Å². The molecule has 110 valence electrons. The van der Waals surface area contributed by atoms with Crippen LogP contribution < -0.4 is 0 Å². The van der Waals surface area contributed by atoms with E-state index < -0.39 is 0 Å². The Labute approximate surface area is 117 Å². The van der Waals surface area contributed by atoms with Gasteiger partial charge in [0.25, 0.3) is 0 Å². The predicted octanol–water partition coefficient (Wildman–Crippen LogP) is 3.87. The normalized spacial score (nSPS) is 14.0. The zero-order valence-corrected chi connectivity index (χ0v) is 12.8. The summed E-state index contributed by atoms with van der Waals surface area (Å²) in [6.45, 7) is 11.6. The zero-order chi connectivity index (χ0) is 14.5. The van der Waals surface area contributed by atoms with Crippen molar-refractivity contribution in [3.05, 3.63) is 36.0 Å². The molecule has 0 aliphatic rings. The number of hydrogen-bond donors (Lipinski definition) is 0. The van der Waals surface area contributed by atoms with Crippen LogP contribution in [0.15, 0.2) is 36.0 Å². The van der Waals surface area contributed by atoms with E-state index in [1.807, 2.05) is 32.1 Å². The first-order chi connectivity index (χ1) is 9.13. The average Bonchev–Trinajstić information content (AvgIpc) is 2.36. The van der Waals surface area contributed by atoms with Gasteiger partial charge in [0.2, 0.25) is 0 Å². The molecule has 0 spiro atoms. The first-order valence-electron chi connectivity index (χ1n) is 6.84. The van der Waals surface area contributed by atoms with Gasteiger partial charge in [0.1, 0.15) is 0 Å². The third-order valence-corrected chi connectivity index (χ3v) is 2.40. The molecule has 1 unspecified atom stereocenters. The highest BCUT2D eigenvalue weighted by molar-refractivity contribution is 5.27. The van der Waals surface area contributed by atoms with E-state index in [0.29, 0.717) is 19.8 Å². The Kier molecular flexibility index (Phi) is 11.6. The molecule has 0 fully saturated rings. The molecule has 0 saturated heterocycles. The molecule has 1 atom stereocenters. The van der Waals surface area contributed by atoms with Gasteiger partial charge in [0.05, 0.1) is 19.8 Å². The van der Waals surface area contributed by atoms with Crippen molar-refractivity contribution in [2.24, 2.45) is 0 Å². The quantitative estimate of drug-likeness (QED) is 0.323. The highest BCUT2D eigenvalue weighted by atomic mass is 16.7. The summed E-state index contributed by atoms with van der Waals surface area (Å²) in [6.07, 6.45) is 7.90. The van der Waals surface area contributed by atoms with Crippen LogP contribution in [0.4, 0.5) is 0 Å². The van der Waals surface area contributed by atoms with Gasteiger partial charge in [-0.2, -0.15) is 0 Å². The summed E-state index contributed by atoms with van der Waals surface area (Å²) in [7, 11) is 1.67. The Balaban J connectivity index is 3.85. The monoisotopic (exact) mass is 268 g/mol. The van der Waals surface area contributed by atoms with Crippen LogP contribution in [0.1, 0.15) is 33.6 Å². The molecule has 19 heavy (non-hydrogen) atoms. The minimum absolute atomic E-state index is 0.116. The second-order valence-electron chi connectivity index (χ2n) is 4.44. The smallest absolute Gasteiger partial charge is 0.157 e. The van der Waals surface area contributed by atoms with Gasteiger partial charge in [-0.1, -0.05) is 43.7 Å². The molecule has 0 amide bonds. The lowest BCUT2D eigenvalue weighted by atomic mass is 10.2. The maximum absolute atomic E-state index is 5.58. The molecule has 0 aromatic carbocycles. The van der Waals surface area contributed by atoms with Crippen molar-refractivity contribution in [3.8, 4) is 0 Å². The van der Waals surface area contributed by atoms with Crippen LogP contribution in [0.3, 0.4) is 0 Å². The number of methoxy groups -OCH3 is 1. The maximum Gasteiger partial charge on any atom is 0.157 e. The third-order valence-electron chi connectivity index (χ3n) is 2.40. The predicted molar refractivity (Wildman–Crippen MR) is 80.2 cm³/mol. The summed E-state index contributed by atoms with van der Waals surface area (Å²) in [5.74, 6) is 0. The van der Waals surface area contributed by atoms with Gasteiger partial charge >= 0.3 is 0 Å². The van der Waals surface area contributed by atoms with Crippen molar-refractivity contribution in [3.63, 3.8) is 0 Å². The van der Waals surface area contributed by atoms with Gasteiger partial charge in [-0.25, -0.2) is 0 Å². The van der Waals surface area contributed by atoms with Gasteiger partial charge < -0.3 is 14.2 Å². The van der Waals surface area contributed by atoms with E-state index in [-0.39, 0.29) is 6.29 Å². The summed E-state index contributed by atoms with van der Waals surface area (Å²) >= 11 is 0. The standard InChI is InChI=1S/C16H28O3/c1-6-8-15(12-14(3)4)13-18-10-11-19-16(17-5)9-7-2/h6,8,12,16H,3,7,9-11,13H2,1-2,4-5H3/b8-6-,15-12+. The van der Waals surface area contributed by atoms with E-state index >= 15 is 0 Å². The number of ether oxygens (including phenoxy) is 3. The lowest BCUT2D eigenvalue weighted by Gasteiger charge is -2.15. The fourth-order valence-electron chi connectivity index (χ4n) is 1.60. The van der Waals surface area contributed by atoms with E-state index in [0.717, 1.165) is 24.0 Å². The van der Waals surface area contributed by atoms with E-state index in [9.17, 15) is 0 Å². The molecule has 0 heterocycles. The molecule has 0 N–H and O–H groups in total. The molecular formula is C16H28O3. The highest BCUT2D eigenvalue weighted by Gasteiger charge is 2.05. The largest absolute Gasteiger partial charge is 0.374 e. The first kappa shape index (κ1) is 18.1. The van der Waals surface area contributed by atoms with Crippen molar-refractivity contribution >= 4 is 0 Å². The van der Waals surface area contributed by atoms with Crippen LogP contribution >= 0.6 is 0 Å². The average molecular weight is 268 g/mol. The third kappa shape index (κ3) is 10.7. The summed E-state index contributed by atoms with van der Waals surface area (Å²) in [5.41, 5.74) is 2.14. The summed E-state index contributed by atoms with van der Waals surface area (Å²) in [6, 6.07) is 0. The maximum atomic E-state index is 5.58. The molecule has 3 heteroatoms. The van der Waals surface area contributed by atoms with E-state index in [4.69, 9.17) is 14.2 Å². The van der Waals surface area contributed by atoms with Crippen LogP contribution in [0.2, 0.25) is 0 Å². The molecular weight excluding hydrogens is 240 g/mol. The molecule has 0 bridgehead atoms. The van der Waals surface area contributed by atoms with Gasteiger partial charge in [0, 0.05) is 7.11 Å². The molecule has 0 aromatic rings. The molecule has 0 radical (unpaired) electrons. The van der Waals surface area contributed by atoms with Crippen molar-refractivity contribution < 1.29 is 14.2 Å². The Morgan fingerprint density at radius 3 is 2.58 bits per heavy atom. The van der Waals surface area contributed by atoms with E-state index in [1.54, 1.807) is 7.11 Å². The number of allylic oxidation sites excluding steroid dienone is 3. The molecule has 0 aliphatic carbocycles.